The maximum Gasteiger partial charge on any atom is 0.224 e. The largest absolute Gasteiger partial charge is 0.497 e. The predicted molar refractivity (Wildman–Crippen MR) is 67.9 cm³/mol. The van der Waals surface area contributed by atoms with Crippen molar-refractivity contribution in [2.75, 3.05) is 20.2 Å². The lowest BCUT2D eigenvalue weighted by Gasteiger charge is -2.09. The molecule has 0 radical (unpaired) electrons. The first-order valence-electron chi connectivity index (χ1n) is 5.78. The van der Waals surface area contributed by atoms with Crippen LogP contribution in [0.3, 0.4) is 0 Å². The van der Waals surface area contributed by atoms with E-state index in [9.17, 15) is 4.79 Å². The summed E-state index contributed by atoms with van der Waals surface area (Å²) in [5.41, 5.74) is 6.59. The van der Waals surface area contributed by atoms with Gasteiger partial charge in [-0.05, 0) is 24.1 Å². The van der Waals surface area contributed by atoms with Crippen LogP contribution in [0.5, 0.6) is 5.75 Å². The molecule has 1 unspecified atom stereocenters. The molecule has 0 aliphatic rings. The molecule has 4 nitrogen and oxygen atoms in total. The van der Waals surface area contributed by atoms with Crippen LogP contribution in [0.25, 0.3) is 0 Å². The SMILES string of the molecule is COc1ccc(CCNC(=O)C(C)CN)cc1. The second-order valence-electron chi connectivity index (χ2n) is 4.03. The zero-order chi connectivity index (χ0) is 12.7. The van der Waals surface area contributed by atoms with Gasteiger partial charge in [-0.1, -0.05) is 19.1 Å². The molecule has 1 atom stereocenters. The van der Waals surface area contributed by atoms with Crippen LogP contribution < -0.4 is 15.8 Å². The Morgan fingerprint density at radius 3 is 2.59 bits per heavy atom. The average molecular weight is 236 g/mol. The van der Waals surface area contributed by atoms with Crippen LogP contribution in [0.2, 0.25) is 0 Å². The molecule has 3 N–H and O–H groups in total. The summed E-state index contributed by atoms with van der Waals surface area (Å²) in [6.45, 7) is 2.84. The fraction of sp³-hybridized carbons (Fsp3) is 0.462. The molecular weight excluding hydrogens is 216 g/mol. The quantitative estimate of drug-likeness (QED) is 0.773. The van der Waals surface area contributed by atoms with Gasteiger partial charge in [-0.15, -0.1) is 0 Å². The maximum absolute atomic E-state index is 11.5. The van der Waals surface area contributed by atoms with Gasteiger partial charge in [0.25, 0.3) is 0 Å². The first-order valence-corrected chi connectivity index (χ1v) is 5.78. The fourth-order valence-corrected chi connectivity index (χ4v) is 1.40. The number of carbonyl (C=O) groups excluding carboxylic acids is 1. The van der Waals surface area contributed by atoms with Crippen LogP contribution in [-0.4, -0.2) is 26.1 Å². The molecule has 0 aromatic heterocycles. The number of rotatable bonds is 6. The molecule has 94 valence electrons. The number of hydrogen-bond acceptors (Lipinski definition) is 3. The molecule has 1 amide bonds. The van der Waals surface area contributed by atoms with E-state index in [0.29, 0.717) is 13.1 Å². The molecule has 0 fully saturated rings. The van der Waals surface area contributed by atoms with Gasteiger partial charge in [-0.3, -0.25) is 4.79 Å². The smallest absolute Gasteiger partial charge is 0.224 e. The van der Waals surface area contributed by atoms with Crippen molar-refractivity contribution in [1.82, 2.24) is 5.32 Å². The summed E-state index contributed by atoms with van der Waals surface area (Å²) in [6, 6.07) is 7.83. The molecule has 0 bridgehead atoms. The van der Waals surface area contributed by atoms with E-state index in [1.165, 1.54) is 5.56 Å². The van der Waals surface area contributed by atoms with Crippen LogP contribution in [-0.2, 0) is 11.2 Å². The van der Waals surface area contributed by atoms with Crippen molar-refractivity contribution in [3.8, 4) is 5.75 Å². The number of nitrogens with two attached hydrogens (primary N) is 1. The van der Waals surface area contributed by atoms with E-state index >= 15 is 0 Å². The van der Waals surface area contributed by atoms with Gasteiger partial charge in [0.1, 0.15) is 5.75 Å². The predicted octanol–water partition coefficient (Wildman–Crippen LogP) is 0.949. The molecule has 1 aromatic carbocycles. The number of amides is 1. The molecule has 1 rings (SSSR count). The van der Waals surface area contributed by atoms with Crippen LogP contribution in [0, 0.1) is 5.92 Å². The Balaban J connectivity index is 2.33. The second-order valence-corrected chi connectivity index (χ2v) is 4.03. The summed E-state index contributed by atoms with van der Waals surface area (Å²) in [6.07, 6.45) is 0.813. The number of carbonyl (C=O) groups is 1. The van der Waals surface area contributed by atoms with E-state index in [2.05, 4.69) is 5.32 Å². The summed E-state index contributed by atoms with van der Waals surface area (Å²) in [7, 11) is 1.64. The molecule has 4 heteroatoms. The van der Waals surface area contributed by atoms with E-state index in [-0.39, 0.29) is 11.8 Å². The molecule has 0 saturated carbocycles. The molecule has 1 aromatic rings. The first kappa shape index (κ1) is 13.5. The van der Waals surface area contributed by atoms with Gasteiger partial charge in [-0.25, -0.2) is 0 Å². The molecule has 17 heavy (non-hydrogen) atoms. The third-order valence-electron chi connectivity index (χ3n) is 2.67. The van der Waals surface area contributed by atoms with Crippen molar-refractivity contribution in [3.63, 3.8) is 0 Å². The van der Waals surface area contributed by atoms with Gasteiger partial charge in [0.2, 0.25) is 5.91 Å². The highest BCUT2D eigenvalue weighted by Crippen LogP contribution is 2.11. The fourth-order valence-electron chi connectivity index (χ4n) is 1.40. The molecule has 0 aliphatic heterocycles. The van der Waals surface area contributed by atoms with Crippen molar-refractivity contribution >= 4 is 5.91 Å². The molecule has 0 spiro atoms. The summed E-state index contributed by atoms with van der Waals surface area (Å²) >= 11 is 0. The van der Waals surface area contributed by atoms with Crippen LogP contribution in [0.4, 0.5) is 0 Å². The molecule has 0 heterocycles. The third kappa shape index (κ3) is 4.44. The van der Waals surface area contributed by atoms with E-state index < -0.39 is 0 Å². The summed E-state index contributed by atoms with van der Waals surface area (Å²) < 4.78 is 5.07. The minimum atomic E-state index is -0.120. The Kier molecular flexibility index (Phi) is 5.49. The second kappa shape index (κ2) is 6.91. The monoisotopic (exact) mass is 236 g/mol. The summed E-state index contributed by atoms with van der Waals surface area (Å²) in [5.74, 6) is 0.737. The van der Waals surface area contributed by atoms with Gasteiger partial charge in [0.15, 0.2) is 0 Å². The lowest BCUT2D eigenvalue weighted by molar-refractivity contribution is -0.124. The van der Waals surface area contributed by atoms with Crippen molar-refractivity contribution in [2.24, 2.45) is 11.7 Å². The number of hydrogen-bond donors (Lipinski definition) is 2. The average Bonchev–Trinajstić information content (AvgIpc) is 2.38. The van der Waals surface area contributed by atoms with Gasteiger partial charge in [-0.2, -0.15) is 0 Å². The Bertz CT molecular complexity index is 349. The third-order valence-corrected chi connectivity index (χ3v) is 2.67. The Morgan fingerprint density at radius 1 is 1.41 bits per heavy atom. The number of methoxy groups -OCH3 is 1. The van der Waals surface area contributed by atoms with Gasteiger partial charge in [0.05, 0.1) is 7.11 Å². The minimum Gasteiger partial charge on any atom is -0.497 e. The molecule has 0 aliphatic carbocycles. The minimum absolute atomic E-state index is 0.0148. The van der Waals surface area contributed by atoms with E-state index in [1.807, 2.05) is 31.2 Å². The van der Waals surface area contributed by atoms with E-state index in [1.54, 1.807) is 7.11 Å². The highest BCUT2D eigenvalue weighted by molar-refractivity contribution is 5.78. The highest BCUT2D eigenvalue weighted by Gasteiger charge is 2.09. The number of benzene rings is 1. The first-order chi connectivity index (χ1) is 8.17. The van der Waals surface area contributed by atoms with Crippen molar-refractivity contribution in [2.45, 2.75) is 13.3 Å². The number of ether oxygens (including phenoxy) is 1. The van der Waals surface area contributed by atoms with Gasteiger partial charge in [0, 0.05) is 19.0 Å². The van der Waals surface area contributed by atoms with Crippen LogP contribution >= 0.6 is 0 Å². The maximum atomic E-state index is 11.5. The summed E-state index contributed by atoms with van der Waals surface area (Å²) in [4.78, 5) is 11.5. The van der Waals surface area contributed by atoms with Crippen molar-refractivity contribution in [3.05, 3.63) is 29.8 Å². The standard InChI is InChI=1S/C13H20N2O2/c1-10(9-14)13(16)15-8-7-11-3-5-12(17-2)6-4-11/h3-6,10H,7-9,14H2,1-2H3,(H,15,16). The van der Waals surface area contributed by atoms with E-state index in [0.717, 1.165) is 12.2 Å². The van der Waals surface area contributed by atoms with Crippen LogP contribution in [0.1, 0.15) is 12.5 Å². The van der Waals surface area contributed by atoms with Crippen molar-refractivity contribution in [1.29, 1.82) is 0 Å². The highest BCUT2D eigenvalue weighted by atomic mass is 16.5. The summed E-state index contributed by atoms with van der Waals surface area (Å²) in [5, 5.41) is 2.86. The Hall–Kier alpha value is -1.55. The zero-order valence-electron chi connectivity index (χ0n) is 10.4. The van der Waals surface area contributed by atoms with Crippen LogP contribution in [0.15, 0.2) is 24.3 Å². The molecule has 0 saturated heterocycles. The number of nitrogens with one attached hydrogen (secondary N) is 1. The molecular formula is C13H20N2O2. The topological polar surface area (TPSA) is 64.3 Å². The lowest BCUT2D eigenvalue weighted by Crippen LogP contribution is -2.34. The van der Waals surface area contributed by atoms with Gasteiger partial charge < -0.3 is 15.8 Å². The zero-order valence-corrected chi connectivity index (χ0v) is 10.4. The Labute approximate surface area is 102 Å². The Morgan fingerprint density at radius 2 is 2.06 bits per heavy atom. The van der Waals surface area contributed by atoms with E-state index in [4.69, 9.17) is 10.5 Å². The normalized spacial score (nSPS) is 11.9. The lowest BCUT2D eigenvalue weighted by atomic mass is 10.1. The van der Waals surface area contributed by atoms with Crippen molar-refractivity contribution < 1.29 is 9.53 Å². The van der Waals surface area contributed by atoms with Gasteiger partial charge >= 0.3 is 0 Å².